The average Bonchev–Trinajstić information content (AvgIpc) is 3.29. The van der Waals surface area contributed by atoms with Crippen molar-refractivity contribution in [2.45, 2.75) is 37.4 Å². The molecule has 0 spiro atoms. The minimum Gasteiger partial charge on any atom is -0.307 e. The van der Waals surface area contributed by atoms with Crippen LogP contribution in [0.25, 0.3) is 0 Å². The van der Waals surface area contributed by atoms with Gasteiger partial charge in [0.15, 0.2) is 0 Å². The van der Waals surface area contributed by atoms with E-state index in [1.54, 1.807) is 0 Å². The van der Waals surface area contributed by atoms with Crippen molar-refractivity contribution in [2.75, 3.05) is 13.1 Å². The molecule has 2 bridgehead atoms. The molecule has 2 nitrogen and oxygen atoms in total. The van der Waals surface area contributed by atoms with Gasteiger partial charge in [-0.15, -0.1) is 11.3 Å². The number of thiophene rings is 1. The predicted molar refractivity (Wildman–Crippen MR) is 118 cm³/mol. The largest absolute Gasteiger partial charge is 0.307 e. The third kappa shape index (κ3) is 3.55. The summed E-state index contributed by atoms with van der Waals surface area (Å²) in [6, 6.07) is 27.7. The minimum absolute atomic E-state index is 0.409. The zero-order valence-electron chi connectivity index (χ0n) is 16.2. The summed E-state index contributed by atoms with van der Waals surface area (Å²) in [4.78, 5) is 4.20. The molecule has 0 radical (unpaired) electrons. The van der Waals surface area contributed by atoms with E-state index in [-0.39, 0.29) is 0 Å². The van der Waals surface area contributed by atoms with Gasteiger partial charge in [-0.05, 0) is 54.4 Å². The first-order valence-corrected chi connectivity index (χ1v) is 11.4. The van der Waals surface area contributed by atoms with Crippen molar-refractivity contribution in [3.8, 4) is 0 Å². The maximum Gasteiger partial charge on any atom is 0.0361 e. The van der Waals surface area contributed by atoms with E-state index in [0.29, 0.717) is 18.0 Å². The second-order valence-electron chi connectivity index (χ2n) is 8.15. The summed E-state index contributed by atoms with van der Waals surface area (Å²) in [6.45, 7) is 3.46. The van der Waals surface area contributed by atoms with Gasteiger partial charge < -0.3 is 5.32 Å². The van der Waals surface area contributed by atoms with Crippen LogP contribution < -0.4 is 5.32 Å². The Labute approximate surface area is 172 Å². The number of hydrogen-bond acceptors (Lipinski definition) is 3. The van der Waals surface area contributed by atoms with Crippen LogP contribution in [0, 0.1) is 5.92 Å². The van der Waals surface area contributed by atoms with E-state index in [1.807, 2.05) is 11.3 Å². The molecule has 3 aliphatic rings. The number of nitrogens with zero attached hydrogens (tertiary/aromatic N) is 1. The quantitative estimate of drug-likeness (QED) is 0.629. The Balaban J connectivity index is 1.51. The Morgan fingerprint density at radius 1 is 0.857 bits per heavy atom. The second-order valence-corrected chi connectivity index (χ2v) is 9.18. The lowest BCUT2D eigenvalue weighted by atomic mass is 9.70. The number of rotatable bonds is 6. The third-order valence-corrected chi connectivity index (χ3v) is 7.50. The van der Waals surface area contributed by atoms with E-state index in [0.717, 1.165) is 12.5 Å². The molecular weight excluding hydrogens is 360 g/mol. The highest BCUT2D eigenvalue weighted by Crippen LogP contribution is 2.42. The lowest BCUT2D eigenvalue weighted by molar-refractivity contribution is 0.00478. The molecule has 1 aromatic heterocycles. The van der Waals surface area contributed by atoms with Crippen LogP contribution in [-0.2, 0) is 6.54 Å². The van der Waals surface area contributed by atoms with Gasteiger partial charge in [0, 0.05) is 29.4 Å². The molecule has 3 aliphatic heterocycles. The SMILES string of the molecule is c1ccc(C(c2ccccc2)[C@H]2[C@H](NCc3cccs3)C3CCN2CC3)cc1. The Kier molecular flexibility index (Phi) is 5.30. The van der Waals surface area contributed by atoms with Crippen LogP contribution in [0.3, 0.4) is 0 Å². The Bertz CT molecular complexity index is 815. The zero-order chi connectivity index (χ0) is 18.8. The van der Waals surface area contributed by atoms with E-state index in [1.165, 1.54) is 41.9 Å². The predicted octanol–water partition coefficient (Wildman–Crippen LogP) is 5.13. The molecule has 2 atom stereocenters. The maximum atomic E-state index is 3.99. The van der Waals surface area contributed by atoms with Crippen molar-refractivity contribution < 1.29 is 0 Å². The molecule has 3 fully saturated rings. The number of benzene rings is 2. The topological polar surface area (TPSA) is 15.3 Å². The van der Waals surface area contributed by atoms with Gasteiger partial charge in [-0.2, -0.15) is 0 Å². The fourth-order valence-electron chi connectivity index (χ4n) is 5.33. The first-order chi connectivity index (χ1) is 13.9. The van der Waals surface area contributed by atoms with Gasteiger partial charge in [0.2, 0.25) is 0 Å². The average molecular weight is 389 g/mol. The van der Waals surface area contributed by atoms with Crippen molar-refractivity contribution in [1.82, 2.24) is 10.2 Å². The summed E-state index contributed by atoms with van der Waals surface area (Å²) in [5.41, 5.74) is 2.88. The van der Waals surface area contributed by atoms with Gasteiger partial charge in [0.05, 0.1) is 0 Å². The van der Waals surface area contributed by atoms with Gasteiger partial charge in [-0.3, -0.25) is 4.90 Å². The van der Waals surface area contributed by atoms with Gasteiger partial charge in [-0.25, -0.2) is 0 Å². The molecule has 6 rings (SSSR count). The van der Waals surface area contributed by atoms with Crippen LogP contribution >= 0.6 is 11.3 Å². The second kappa shape index (κ2) is 8.20. The Morgan fingerprint density at radius 2 is 1.50 bits per heavy atom. The number of piperidine rings is 3. The molecule has 0 unspecified atom stereocenters. The highest BCUT2D eigenvalue weighted by Gasteiger charge is 2.46. The van der Waals surface area contributed by atoms with Crippen LogP contribution in [-0.4, -0.2) is 30.1 Å². The van der Waals surface area contributed by atoms with E-state index < -0.39 is 0 Å². The van der Waals surface area contributed by atoms with Crippen LogP contribution in [0.4, 0.5) is 0 Å². The van der Waals surface area contributed by atoms with Crippen molar-refractivity contribution in [3.63, 3.8) is 0 Å². The number of nitrogens with one attached hydrogen (secondary N) is 1. The van der Waals surface area contributed by atoms with Gasteiger partial charge in [-0.1, -0.05) is 66.7 Å². The van der Waals surface area contributed by atoms with E-state index in [9.17, 15) is 0 Å². The molecule has 0 saturated carbocycles. The highest BCUT2D eigenvalue weighted by molar-refractivity contribution is 7.09. The number of hydrogen-bond donors (Lipinski definition) is 1. The highest BCUT2D eigenvalue weighted by atomic mass is 32.1. The number of fused-ring (bicyclic) bond motifs is 3. The van der Waals surface area contributed by atoms with Crippen LogP contribution in [0.5, 0.6) is 0 Å². The Hall–Kier alpha value is -1.94. The van der Waals surface area contributed by atoms with E-state index >= 15 is 0 Å². The van der Waals surface area contributed by atoms with Crippen molar-refractivity contribution in [3.05, 3.63) is 94.2 Å². The van der Waals surface area contributed by atoms with Gasteiger partial charge in [0.25, 0.3) is 0 Å². The molecular formula is C25H28N2S. The summed E-state index contributed by atoms with van der Waals surface area (Å²) in [5, 5.41) is 6.18. The van der Waals surface area contributed by atoms with Crippen molar-refractivity contribution >= 4 is 11.3 Å². The first-order valence-electron chi connectivity index (χ1n) is 10.5. The van der Waals surface area contributed by atoms with E-state index in [4.69, 9.17) is 0 Å². The smallest absolute Gasteiger partial charge is 0.0361 e. The molecule has 4 heterocycles. The molecule has 1 N–H and O–H groups in total. The first kappa shape index (κ1) is 18.1. The zero-order valence-corrected chi connectivity index (χ0v) is 17.0. The standard InChI is InChI=1S/C25H28N2S/c1-3-8-19(9-4-1)23(20-10-5-2-6-11-20)25-24(21-13-15-27(25)16-14-21)26-18-22-12-7-17-28-22/h1-12,17,21,23-26H,13-16,18H2/t24-,25+/m1/s1. The van der Waals surface area contributed by atoms with Crippen LogP contribution in [0.2, 0.25) is 0 Å². The fraction of sp³-hybridized carbons (Fsp3) is 0.360. The normalized spacial score (nSPS) is 26.6. The maximum absolute atomic E-state index is 3.99. The van der Waals surface area contributed by atoms with Crippen molar-refractivity contribution in [1.29, 1.82) is 0 Å². The summed E-state index contributed by atoms with van der Waals surface area (Å²) in [7, 11) is 0. The van der Waals surface area contributed by atoms with Crippen molar-refractivity contribution in [2.24, 2.45) is 5.92 Å². The van der Waals surface area contributed by atoms with Gasteiger partial charge >= 0.3 is 0 Å². The van der Waals surface area contributed by atoms with Gasteiger partial charge in [0.1, 0.15) is 0 Å². The molecule has 3 saturated heterocycles. The molecule has 144 valence electrons. The monoisotopic (exact) mass is 388 g/mol. The molecule has 3 aromatic rings. The summed E-state index contributed by atoms with van der Waals surface area (Å²) in [5.74, 6) is 1.19. The molecule has 3 heteroatoms. The molecule has 0 aliphatic carbocycles. The van der Waals surface area contributed by atoms with Crippen LogP contribution in [0.15, 0.2) is 78.2 Å². The molecule has 2 aromatic carbocycles. The summed E-state index contributed by atoms with van der Waals surface area (Å²) >= 11 is 1.86. The summed E-state index contributed by atoms with van der Waals surface area (Å²) in [6.07, 6.45) is 2.66. The lowest BCUT2D eigenvalue weighted by Crippen LogP contribution is -2.64. The fourth-order valence-corrected chi connectivity index (χ4v) is 5.98. The lowest BCUT2D eigenvalue weighted by Gasteiger charge is -2.54. The van der Waals surface area contributed by atoms with E-state index in [2.05, 4.69) is 88.4 Å². The van der Waals surface area contributed by atoms with Crippen LogP contribution in [0.1, 0.15) is 34.8 Å². The summed E-state index contributed by atoms with van der Waals surface area (Å²) < 4.78 is 0. The molecule has 28 heavy (non-hydrogen) atoms. The molecule has 0 amide bonds. The Morgan fingerprint density at radius 3 is 2.07 bits per heavy atom. The third-order valence-electron chi connectivity index (χ3n) is 6.62. The minimum atomic E-state index is 0.409.